The lowest BCUT2D eigenvalue weighted by molar-refractivity contribution is -0.122. The second-order valence-electron chi connectivity index (χ2n) is 11.0. The van der Waals surface area contributed by atoms with E-state index in [1.165, 1.54) is 0 Å². The van der Waals surface area contributed by atoms with Gasteiger partial charge in [0.15, 0.2) is 0 Å². The average Bonchev–Trinajstić information content (AvgIpc) is 3.22. The van der Waals surface area contributed by atoms with Crippen molar-refractivity contribution in [3.8, 4) is 0 Å². The van der Waals surface area contributed by atoms with Gasteiger partial charge in [0.2, 0.25) is 5.91 Å². The van der Waals surface area contributed by atoms with Gasteiger partial charge >= 0.3 is 0 Å². The van der Waals surface area contributed by atoms with Crippen LogP contribution in [0.3, 0.4) is 0 Å². The number of aliphatic hydroxyl groups excluding tert-OH is 1. The number of likely N-dealkylation sites (tertiary alicyclic amines) is 1. The summed E-state index contributed by atoms with van der Waals surface area (Å²) in [5.41, 5.74) is 1.89. The van der Waals surface area contributed by atoms with Crippen molar-refractivity contribution in [2.75, 3.05) is 31.6 Å². The first-order valence-corrected chi connectivity index (χ1v) is 13.6. The summed E-state index contributed by atoms with van der Waals surface area (Å²) in [6.07, 6.45) is 6.72. The zero-order valence-corrected chi connectivity index (χ0v) is 21.8. The maximum Gasteiger partial charge on any atom is 0.228 e. The summed E-state index contributed by atoms with van der Waals surface area (Å²) in [4.78, 5) is 24.1. The van der Waals surface area contributed by atoms with Gasteiger partial charge in [-0.25, -0.2) is 4.98 Å². The van der Waals surface area contributed by atoms with Crippen LogP contribution in [0.25, 0.3) is 10.8 Å². The van der Waals surface area contributed by atoms with Crippen LogP contribution in [0, 0.1) is 5.92 Å². The maximum absolute atomic E-state index is 12.8. The Bertz CT molecular complexity index is 1290. The molecule has 2 atom stereocenters. The smallest absolute Gasteiger partial charge is 0.228 e. The van der Waals surface area contributed by atoms with E-state index in [0.29, 0.717) is 30.9 Å². The standard InChI is InChI=1S/C29H33ClN4O3/c1-29(17-37-16-26(29)35)34-8-5-18(6-9-34)23-12-19-14-27(32-15-22(19)13-24(23)30)33-28(36)21-10-20(11-21)25-4-2-3-7-31-25/h2-4,7,12-15,18,20-21,26,35H,5-6,8-11,16-17H2,1H3,(H,32,33,36)/t20?,21?,26-,29+/m1/s1. The molecule has 37 heavy (non-hydrogen) atoms. The van der Waals surface area contributed by atoms with Crippen molar-refractivity contribution in [1.29, 1.82) is 0 Å². The minimum atomic E-state index is -0.449. The van der Waals surface area contributed by atoms with Gasteiger partial charge in [0, 0.05) is 40.3 Å². The highest BCUT2D eigenvalue weighted by Gasteiger charge is 2.45. The number of ether oxygens (including phenoxy) is 1. The number of nitrogens with zero attached hydrogens (tertiary/aromatic N) is 3. The van der Waals surface area contributed by atoms with Gasteiger partial charge in [0.05, 0.1) is 24.9 Å². The van der Waals surface area contributed by atoms with Crippen LogP contribution in [-0.4, -0.2) is 63.8 Å². The van der Waals surface area contributed by atoms with Crippen molar-refractivity contribution in [1.82, 2.24) is 14.9 Å². The summed E-state index contributed by atoms with van der Waals surface area (Å²) in [6, 6.07) is 12.0. The molecule has 7 nitrogen and oxygen atoms in total. The van der Waals surface area contributed by atoms with E-state index >= 15 is 0 Å². The second-order valence-corrected chi connectivity index (χ2v) is 11.5. The molecule has 3 aliphatic rings. The van der Waals surface area contributed by atoms with E-state index in [0.717, 1.165) is 65.8 Å². The summed E-state index contributed by atoms with van der Waals surface area (Å²) < 4.78 is 5.54. The summed E-state index contributed by atoms with van der Waals surface area (Å²) >= 11 is 6.73. The maximum atomic E-state index is 12.8. The summed E-state index contributed by atoms with van der Waals surface area (Å²) in [6.45, 7) is 4.87. The number of amides is 1. The Labute approximate surface area is 222 Å². The van der Waals surface area contributed by atoms with Crippen LogP contribution < -0.4 is 5.32 Å². The van der Waals surface area contributed by atoms with Crippen LogP contribution in [0.4, 0.5) is 5.82 Å². The van der Waals surface area contributed by atoms with Crippen molar-refractivity contribution in [3.05, 3.63) is 65.1 Å². The number of carbonyl (C=O) groups excluding carboxylic acids is 1. The predicted octanol–water partition coefficient (Wildman–Crippen LogP) is 4.74. The fourth-order valence-corrected chi connectivity index (χ4v) is 6.47. The van der Waals surface area contributed by atoms with Crippen molar-refractivity contribution in [3.63, 3.8) is 0 Å². The van der Waals surface area contributed by atoms with E-state index in [2.05, 4.69) is 33.2 Å². The van der Waals surface area contributed by atoms with Gasteiger partial charge in [-0.05, 0) is 92.9 Å². The summed E-state index contributed by atoms with van der Waals surface area (Å²) in [7, 11) is 0. The number of halogens is 1. The quantitative estimate of drug-likeness (QED) is 0.505. The van der Waals surface area contributed by atoms with E-state index in [4.69, 9.17) is 16.3 Å². The number of benzene rings is 1. The molecule has 0 unspecified atom stereocenters. The van der Waals surface area contributed by atoms with Crippen LogP contribution in [0.2, 0.25) is 5.02 Å². The molecule has 6 rings (SSSR count). The fraction of sp³-hybridized carbons (Fsp3) is 0.483. The number of anilines is 1. The van der Waals surface area contributed by atoms with Gasteiger partial charge in [0.25, 0.3) is 0 Å². The van der Waals surface area contributed by atoms with Crippen LogP contribution in [0.5, 0.6) is 0 Å². The lowest BCUT2D eigenvalue weighted by atomic mass is 9.72. The first-order valence-electron chi connectivity index (χ1n) is 13.2. The van der Waals surface area contributed by atoms with Gasteiger partial charge in [-0.2, -0.15) is 0 Å². The molecule has 0 radical (unpaired) electrons. The van der Waals surface area contributed by atoms with Crippen LogP contribution in [0.15, 0.2) is 48.8 Å². The van der Waals surface area contributed by atoms with Gasteiger partial charge in [-0.3, -0.25) is 14.7 Å². The second kappa shape index (κ2) is 9.95. The molecule has 2 N–H and O–H groups in total. The lowest BCUT2D eigenvalue weighted by Crippen LogP contribution is -2.56. The highest BCUT2D eigenvalue weighted by Crippen LogP contribution is 2.42. The number of rotatable bonds is 5. The topological polar surface area (TPSA) is 87.6 Å². The van der Waals surface area contributed by atoms with Crippen molar-refractivity contribution in [2.24, 2.45) is 5.92 Å². The number of carbonyl (C=O) groups is 1. The first-order chi connectivity index (χ1) is 17.9. The van der Waals surface area contributed by atoms with Crippen molar-refractivity contribution in [2.45, 2.75) is 56.1 Å². The van der Waals surface area contributed by atoms with Crippen molar-refractivity contribution < 1.29 is 14.6 Å². The predicted molar refractivity (Wildman–Crippen MR) is 144 cm³/mol. The zero-order valence-electron chi connectivity index (χ0n) is 21.1. The van der Waals surface area contributed by atoms with Crippen LogP contribution in [-0.2, 0) is 9.53 Å². The third kappa shape index (κ3) is 4.74. The number of nitrogens with one attached hydrogen (secondary N) is 1. The SMILES string of the molecule is C[C@]1(N2CCC(c3cc4cc(NC(=O)C5CC(c6ccccn6)C5)ncc4cc3Cl)CC2)COC[C@H]1O. The van der Waals surface area contributed by atoms with Gasteiger partial charge in [-0.15, -0.1) is 0 Å². The molecule has 2 saturated heterocycles. The summed E-state index contributed by atoms with van der Waals surface area (Å²) in [5, 5.41) is 16.2. The Kier molecular flexibility index (Phi) is 6.65. The molecule has 3 fully saturated rings. The van der Waals surface area contributed by atoms with Crippen LogP contribution >= 0.6 is 11.6 Å². The number of aliphatic hydroxyl groups is 1. The monoisotopic (exact) mass is 520 g/mol. The number of piperidine rings is 1. The third-order valence-corrected chi connectivity index (χ3v) is 9.08. The van der Waals surface area contributed by atoms with E-state index in [-0.39, 0.29) is 17.4 Å². The Hall–Kier alpha value is -2.58. The highest BCUT2D eigenvalue weighted by molar-refractivity contribution is 6.32. The highest BCUT2D eigenvalue weighted by atomic mass is 35.5. The van der Waals surface area contributed by atoms with E-state index < -0.39 is 6.10 Å². The number of hydrogen-bond donors (Lipinski definition) is 2. The lowest BCUT2D eigenvalue weighted by Gasteiger charge is -2.43. The first kappa shape index (κ1) is 24.7. The average molecular weight is 521 g/mol. The molecule has 8 heteroatoms. The molecule has 1 aliphatic carbocycles. The van der Waals surface area contributed by atoms with E-state index in [1.54, 1.807) is 12.4 Å². The molecule has 0 spiro atoms. The van der Waals surface area contributed by atoms with Crippen LogP contribution in [0.1, 0.15) is 55.7 Å². The molecular weight excluding hydrogens is 488 g/mol. The van der Waals surface area contributed by atoms with E-state index in [1.807, 2.05) is 30.3 Å². The largest absolute Gasteiger partial charge is 0.389 e. The Morgan fingerprint density at radius 2 is 1.95 bits per heavy atom. The Balaban J connectivity index is 1.12. The number of pyridine rings is 2. The van der Waals surface area contributed by atoms with Crippen molar-refractivity contribution >= 4 is 34.1 Å². The number of fused-ring (bicyclic) bond motifs is 1. The third-order valence-electron chi connectivity index (χ3n) is 8.75. The molecule has 2 aromatic heterocycles. The van der Waals surface area contributed by atoms with Gasteiger partial charge in [-0.1, -0.05) is 17.7 Å². The minimum Gasteiger partial charge on any atom is -0.389 e. The Morgan fingerprint density at radius 1 is 1.14 bits per heavy atom. The zero-order chi connectivity index (χ0) is 25.6. The Morgan fingerprint density at radius 3 is 2.65 bits per heavy atom. The molecule has 1 amide bonds. The molecule has 1 saturated carbocycles. The van der Waals surface area contributed by atoms with Gasteiger partial charge in [0.1, 0.15) is 5.82 Å². The normalized spacial score (nSPS) is 28.8. The van der Waals surface area contributed by atoms with Gasteiger partial charge < -0.3 is 15.2 Å². The molecule has 3 aromatic rings. The molecule has 4 heterocycles. The molecule has 0 bridgehead atoms. The molecular formula is C29H33ClN4O3. The summed E-state index contributed by atoms with van der Waals surface area (Å²) in [5.74, 6) is 1.28. The number of hydrogen-bond acceptors (Lipinski definition) is 6. The molecule has 1 aromatic carbocycles. The molecule has 2 aliphatic heterocycles. The fourth-order valence-electron chi connectivity index (χ4n) is 6.14. The number of aromatic nitrogens is 2. The molecule has 194 valence electrons. The van der Waals surface area contributed by atoms with E-state index in [9.17, 15) is 9.90 Å². The minimum absolute atomic E-state index is 0.0129.